The molecule has 0 amide bonds. The highest BCUT2D eigenvalue weighted by Crippen LogP contribution is 2.17. The van der Waals surface area contributed by atoms with Gasteiger partial charge in [0.2, 0.25) is 0 Å². The largest absolute Gasteiger partial charge is 0.389 e. The smallest absolute Gasteiger partial charge is 0.106 e. The summed E-state index contributed by atoms with van der Waals surface area (Å²) in [6.07, 6.45) is 2.28. The summed E-state index contributed by atoms with van der Waals surface area (Å²) in [7, 11) is 0. The molecule has 0 saturated carbocycles. The molecule has 0 bridgehead atoms. The number of thiocarbonyl (C=S) groups is 1. The predicted octanol–water partition coefficient (Wildman–Crippen LogP) is 2.86. The van der Waals surface area contributed by atoms with E-state index in [1.807, 2.05) is 19.1 Å². The maximum atomic E-state index is 5.69. The van der Waals surface area contributed by atoms with Crippen molar-refractivity contribution in [3.8, 4) is 0 Å². The predicted molar refractivity (Wildman–Crippen MR) is 81.3 cm³/mol. The lowest BCUT2D eigenvalue weighted by Gasteiger charge is -2.12. The van der Waals surface area contributed by atoms with Gasteiger partial charge in [-0.25, -0.2) is 0 Å². The van der Waals surface area contributed by atoms with Crippen LogP contribution in [0, 0.1) is 6.92 Å². The second kappa shape index (κ2) is 8.06. The Kier molecular flexibility index (Phi) is 6.68. The van der Waals surface area contributed by atoms with Crippen LogP contribution < -0.4 is 11.1 Å². The van der Waals surface area contributed by atoms with E-state index >= 15 is 0 Å². The van der Waals surface area contributed by atoms with Gasteiger partial charge in [-0.3, -0.25) is 0 Å². The number of unbranched alkanes of at least 4 members (excludes halogenated alkanes) is 1. The van der Waals surface area contributed by atoms with Crippen LogP contribution in [-0.4, -0.2) is 24.7 Å². The zero-order valence-electron chi connectivity index (χ0n) is 11.2. The SMILES string of the molecule is CCCCOCCNc1cc(C)ccc1C(N)=S. The monoisotopic (exact) mass is 266 g/mol. The Bertz CT molecular complexity index is 393. The highest BCUT2D eigenvalue weighted by Gasteiger charge is 2.04. The first-order chi connectivity index (χ1) is 8.65. The van der Waals surface area contributed by atoms with Gasteiger partial charge in [-0.05, 0) is 31.0 Å². The molecule has 0 spiro atoms. The maximum Gasteiger partial charge on any atom is 0.106 e. The number of benzene rings is 1. The first-order valence-corrected chi connectivity index (χ1v) is 6.78. The lowest BCUT2D eigenvalue weighted by atomic mass is 10.1. The van der Waals surface area contributed by atoms with Crippen LogP contribution in [0.25, 0.3) is 0 Å². The van der Waals surface area contributed by atoms with Gasteiger partial charge in [0.25, 0.3) is 0 Å². The van der Waals surface area contributed by atoms with Crippen LogP contribution in [0.4, 0.5) is 5.69 Å². The normalized spacial score (nSPS) is 10.3. The van der Waals surface area contributed by atoms with E-state index in [0.717, 1.165) is 37.2 Å². The standard InChI is InChI=1S/C14H22N2OS/c1-3-4-8-17-9-7-16-13-10-11(2)5-6-12(13)14(15)18/h5-6,10,16H,3-4,7-9H2,1-2H3,(H2,15,18). The van der Waals surface area contributed by atoms with Crippen molar-refractivity contribution in [2.75, 3.05) is 25.1 Å². The Morgan fingerprint density at radius 3 is 2.83 bits per heavy atom. The molecule has 3 nitrogen and oxygen atoms in total. The van der Waals surface area contributed by atoms with Crippen LogP contribution in [0.1, 0.15) is 30.9 Å². The zero-order chi connectivity index (χ0) is 13.4. The van der Waals surface area contributed by atoms with Gasteiger partial charge in [-0.1, -0.05) is 31.6 Å². The van der Waals surface area contributed by atoms with Crippen molar-refractivity contribution in [3.63, 3.8) is 0 Å². The molecule has 0 radical (unpaired) electrons. The van der Waals surface area contributed by atoms with Crippen LogP contribution in [0.3, 0.4) is 0 Å². The quantitative estimate of drug-likeness (QED) is 0.561. The number of nitrogens with two attached hydrogens (primary N) is 1. The fourth-order valence-electron chi connectivity index (χ4n) is 1.63. The van der Waals surface area contributed by atoms with E-state index in [4.69, 9.17) is 22.7 Å². The van der Waals surface area contributed by atoms with E-state index in [0.29, 0.717) is 11.6 Å². The molecular formula is C14H22N2OS. The molecule has 4 heteroatoms. The molecule has 18 heavy (non-hydrogen) atoms. The van der Waals surface area contributed by atoms with Crippen LogP contribution in [0.2, 0.25) is 0 Å². The van der Waals surface area contributed by atoms with Crippen molar-refractivity contribution >= 4 is 22.9 Å². The first-order valence-electron chi connectivity index (χ1n) is 6.37. The number of aryl methyl sites for hydroxylation is 1. The van der Waals surface area contributed by atoms with Gasteiger partial charge < -0.3 is 15.8 Å². The van der Waals surface area contributed by atoms with Crippen LogP contribution in [0.15, 0.2) is 18.2 Å². The van der Waals surface area contributed by atoms with Crippen LogP contribution in [0.5, 0.6) is 0 Å². The third-order valence-corrected chi connectivity index (χ3v) is 2.86. The molecule has 0 aliphatic rings. The third-order valence-electron chi connectivity index (χ3n) is 2.64. The van der Waals surface area contributed by atoms with Crippen molar-refractivity contribution < 1.29 is 4.74 Å². The molecular weight excluding hydrogens is 244 g/mol. The fourth-order valence-corrected chi connectivity index (χ4v) is 1.80. The molecule has 0 atom stereocenters. The Morgan fingerprint density at radius 2 is 2.17 bits per heavy atom. The van der Waals surface area contributed by atoms with Crippen molar-refractivity contribution in [2.45, 2.75) is 26.7 Å². The molecule has 0 unspecified atom stereocenters. The Hall–Kier alpha value is -1.13. The van der Waals surface area contributed by atoms with Crippen molar-refractivity contribution in [1.82, 2.24) is 0 Å². The van der Waals surface area contributed by atoms with E-state index in [9.17, 15) is 0 Å². The molecule has 3 N–H and O–H groups in total. The van der Waals surface area contributed by atoms with Crippen molar-refractivity contribution in [3.05, 3.63) is 29.3 Å². The highest BCUT2D eigenvalue weighted by molar-refractivity contribution is 7.80. The van der Waals surface area contributed by atoms with Gasteiger partial charge in [0, 0.05) is 24.4 Å². The number of ether oxygens (including phenoxy) is 1. The molecule has 0 aromatic heterocycles. The maximum absolute atomic E-state index is 5.69. The summed E-state index contributed by atoms with van der Waals surface area (Å²) in [5.41, 5.74) is 8.76. The summed E-state index contributed by atoms with van der Waals surface area (Å²) in [6.45, 7) is 6.50. The lowest BCUT2D eigenvalue weighted by Crippen LogP contribution is -2.16. The van der Waals surface area contributed by atoms with Gasteiger partial charge in [0.1, 0.15) is 4.99 Å². The number of hydrogen-bond acceptors (Lipinski definition) is 3. The second-order valence-electron chi connectivity index (χ2n) is 4.31. The van der Waals surface area contributed by atoms with E-state index in [2.05, 4.69) is 18.3 Å². The van der Waals surface area contributed by atoms with E-state index in [-0.39, 0.29) is 0 Å². The van der Waals surface area contributed by atoms with E-state index in [1.54, 1.807) is 0 Å². The van der Waals surface area contributed by atoms with E-state index < -0.39 is 0 Å². The number of anilines is 1. The van der Waals surface area contributed by atoms with Crippen LogP contribution >= 0.6 is 12.2 Å². The van der Waals surface area contributed by atoms with Gasteiger partial charge >= 0.3 is 0 Å². The molecule has 1 aromatic carbocycles. The lowest BCUT2D eigenvalue weighted by molar-refractivity contribution is 0.141. The molecule has 0 saturated heterocycles. The summed E-state index contributed by atoms with van der Waals surface area (Å²) in [5.74, 6) is 0. The summed E-state index contributed by atoms with van der Waals surface area (Å²) in [5, 5.41) is 3.32. The Morgan fingerprint density at radius 1 is 1.39 bits per heavy atom. The molecule has 0 aliphatic carbocycles. The van der Waals surface area contributed by atoms with Crippen molar-refractivity contribution in [2.24, 2.45) is 5.73 Å². The topological polar surface area (TPSA) is 47.3 Å². The molecule has 1 rings (SSSR count). The average Bonchev–Trinajstić information content (AvgIpc) is 2.33. The molecule has 0 fully saturated rings. The highest BCUT2D eigenvalue weighted by atomic mass is 32.1. The zero-order valence-corrected chi connectivity index (χ0v) is 12.0. The molecule has 0 heterocycles. The van der Waals surface area contributed by atoms with Crippen LogP contribution in [-0.2, 0) is 4.74 Å². The number of rotatable bonds is 8. The number of nitrogens with one attached hydrogen (secondary N) is 1. The van der Waals surface area contributed by atoms with Crippen molar-refractivity contribution in [1.29, 1.82) is 0 Å². The Labute approximate surface area is 115 Å². The first kappa shape index (κ1) is 14.9. The van der Waals surface area contributed by atoms with Gasteiger partial charge in [-0.2, -0.15) is 0 Å². The number of hydrogen-bond donors (Lipinski definition) is 2. The summed E-state index contributed by atoms with van der Waals surface area (Å²) in [4.78, 5) is 0.421. The van der Waals surface area contributed by atoms with E-state index in [1.165, 1.54) is 5.56 Å². The fraction of sp³-hybridized carbons (Fsp3) is 0.500. The minimum atomic E-state index is 0.421. The minimum absolute atomic E-state index is 0.421. The molecule has 0 aliphatic heterocycles. The van der Waals surface area contributed by atoms with Gasteiger partial charge in [0.05, 0.1) is 6.61 Å². The van der Waals surface area contributed by atoms with Gasteiger partial charge in [-0.15, -0.1) is 0 Å². The average molecular weight is 266 g/mol. The summed E-state index contributed by atoms with van der Waals surface area (Å²) >= 11 is 5.04. The van der Waals surface area contributed by atoms with Gasteiger partial charge in [0.15, 0.2) is 0 Å². The molecule has 1 aromatic rings. The minimum Gasteiger partial charge on any atom is -0.389 e. The molecule has 100 valence electrons. The summed E-state index contributed by atoms with van der Waals surface area (Å²) in [6, 6.07) is 6.02. The Balaban J connectivity index is 2.45. The third kappa shape index (κ3) is 5.02. The second-order valence-corrected chi connectivity index (χ2v) is 4.75. The summed E-state index contributed by atoms with van der Waals surface area (Å²) < 4.78 is 5.50.